The van der Waals surface area contributed by atoms with Gasteiger partial charge in [0.2, 0.25) is 5.91 Å². The molecule has 1 aromatic carbocycles. The summed E-state index contributed by atoms with van der Waals surface area (Å²) >= 11 is 0. The number of aryl methyl sites for hydroxylation is 2. The Balaban J connectivity index is 1.85. The fourth-order valence-corrected chi connectivity index (χ4v) is 1.77. The van der Waals surface area contributed by atoms with Crippen LogP contribution in [0.2, 0.25) is 0 Å². The first kappa shape index (κ1) is 12.3. The minimum absolute atomic E-state index is 0.00444. The number of nitrogens with one attached hydrogen (secondary N) is 1. The quantitative estimate of drug-likeness (QED) is 0.892. The van der Waals surface area contributed by atoms with Crippen molar-refractivity contribution in [2.75, 3.05) is 5.32 Å². The van der Waals surface area contributed by atoms with Crippen LogP contribution in [0.3, 0.4) is 0 Å². The molecule has 0 bridgehead atoms. The molecule has 1 heterocycles. The molecule has 0 aliphatic heterocycles. The van der Waals surface area contributed by atoms with E-state index in [0.717, 1.165) is 6.42 Å². The van der Waals surface area contributed by atoms with Crippen molar-refractivity contribution in [2.24, 2.45) is 0 Å². The fourth-order valence-electron chi connectivity index (χ4n) is 1.77. The number of carbonyl (C=O) groups excluding carboxylic acids is 1. The second kappa shape index (κ2) is 5.96. The van der Waals surface area contributed by atoms with Crippen LogP contribution >= 0.6 is 0 Å². The summed E-state index contributed by atoms with van der Waals surface area (Å²) < 4.78 is 0. The number of aromatic nitrogens is 1. The van der Waals surface area contributed by atoms with E-state index in [-0.39, 0.29) is 5.91 Å². The summed E-state index contributed by atoms with van der Waals surface area (Å²) in [5, 5.41) is 2.78. The number of nitrogens with zero attached hydrogens (tertiary/aromatic N) is 1. The summed E-state index contributed by atoms with van der Waals surface area (Å²) in [6.45, 7) is 2.05. The molecule has 0 fully saturated rings. The maximum Gasteiger partial charge on any atom is 0.225 e. The number of anilines is 1. The Hall–Kier alpha value is -2.16. The monoisotopic (exact) mass is 240 g/mol. The molecular weight excluding hydrogens is 224 g/mol. The predicted molar refractivity (Wildman–Crippen MR) is 72.4 cm³/mol. The van der Waals surface area contributed by atoms with E-state index in [4.69, 9.17) is 0 Å². The molecule has 18 heavy (non-hydrogen) atoms. The molecule has 2 rings (SSSR count). The zero-order valence-corrected chi connectivity index (χ0v) is 10.4. The van der Waals surface area contributed by atoms with E-state index in [9.17, 15) is 4.79 Å². The van der Waals surface area contributed by atoms with Gasteiger partial charge in [-0.1, -0.05) is 35.9 Å². The van der Waals surface area contributed by atoms with Crippen LogP contribution < -0.4 is 5.32 Å². The first-order valence-corrected chi connectivity index (χ1v) is 6.00. The molecule has 0 saturated carbocycles. The second-order valence-electron chi connectivity index (χ2n) is 4.25. The molecule has 0 atom stereocenters. The van der Waals surface area contributed by atoms with Gasteiger partial charge in [0, 0.05) is 12.6 Å². The Morgan fingerprint density at radius 3 is 2.83 bits per heavy atom. The minimum Gasteiger partial charge on any atom is -0.311 e. The van der Waals surface area contributed by atoms with Gasteiger partial charge in [0.05, 0.1) is 0 Å². The Labute approximate surface area is 107 Å². The first-order valence-electron chi connectivity index (χ1n) is 6.00. The third-order valence-electron chi connectivity index (χ3n) is 2.66. The van der Waals surface area contributed by atoms with Gasteiger partial charge in [0.25, 0.3) is 0 Å². The molecule has 92 valence electrons. The Morgan fingerprint density at radius 2 is 2.11 bits per heavy atom. The van der Waals surface area contributed by atoms with E-state index in [1.807, 2.05) is 24.3 Å². The molecular formula is C15H16N2O. The van der Waals surface area contributed by atoms with Gasteiger partial charge in [0.1, 0.15) is 5.82 Å². The van der Waals surface area contributed by atoms with Gasteiger partial charge >= 0.3 is 0 Å². The van der Waals surface area contributed by atoms with Crippen molar-refractivity contribution >= 4 is 11.7 Å². The van der Waals surface area contributed by atoms with Crippen LogP contribution in [0, 0.1) is 6.92 Å². The van der Waals surface area contributed by atoms with Crippen LogP contribution in [-0.4, -0.2) is 10.9 Å². The lowest BCUT2D eigenvalue weighted by molar-refractivity contribution is -0.116. The molecule has 0 aliphatic rings. The average molecular weight is 240 g/mol. The topological polar surface area (TPSA) is 42.0 Å². The molecule has 1 aromatic heterocycles. The van der Waals surface area contributed by atoms with Crippen LogP contribution in [0.15, 0.2) is 48.7 Å². The standard InChI is InChI=1S/C15H16N2O/c1-12-5-4-6-13(11-12)8-9-15(18)17-14-7-2-3-10-16-14/h2-7,10-11H,8-9H2,1H3,(H,16,17,18). The molecule has 0 unspecified atom stereocenters. The highest BCUT2D eigenvalue weighted by Crippen LogP contribution is 2.08. The van der Waals surface area contributed by atoms with Gasteiger partial charge in [-0.15, -0.1) is 0 Å². The summed E-state index contributed by atoms with van der Waals surface area (Å²) in [6.07, 6.45) is 2.89. The lowest BCUT2D eigenvalue weighted by atomic mass is 10.1. The highest BCUT2D eigenvalue weighted by molar-refractivity contribution is 5.89. The van der Waals surface area contributed by atoms with Crippen molar-refractivity contribution in [3.63, 3.8) is 0 Å². The van der Waals surface area contributed by atoms with Crippen LogP contribution in [0.25, 0.3) is 0 Å². The molecule has 3 heteroatoms. The zero-order chi connectivity index (χ0) is 12.8. The minimum atomic E-state index is -0.00444. The van der Waals surface area contributed by atoms with E-state index in [2.05, 4.69) is 29.4 Å². The van der Waals surface area contributed by atoms with Gasteiger partial charge in [0.15, 0.2) is 0 Å². The number of carbonyl (C=O) groups is 1. The Morgan fingerprint density at radius 1 is 1.22 bits per heavy atom. The summed E-state index contributed by atoms with van der Waals surface area (Å²) in [6, 6.07) is 13.7. The third kappa shape index (κ3) is 3.70. The maximum absolute atomic E-state index is 11.7. The summed E-state index contributed by atoms with van der Waals surface area (Å²) in [5.74, 6) is 0.599. The number of pyridine rings is 1. The Bertz CT molecular complexity index is 523. The van der Waals surface area contributed by atoms with Crippen molar-refractivity contribution in [1.29, 1.82) is 0 Å². The zero-order valence-electron chi connectivity index (χ0n) is 10.4. The molecule has 0 spiro atoms. The van der Waals surface area contributed by atoms with Crippen molar-refractivity contribution in [1.82, 2.24) is 4.98 Å². The van der Waals surface area contributed by atoms with Crippen LogP contribution in [-0.2, 0) is 11.2 Å². The van der Waals surface area contributed by atoms with E-state index in [1.54, 1.807) is 12.3 Å². The normalized spacial score (nSPS) is 10.1. The highest BCUT2D eigenvalue weighted by Gasteiger charge is 2.03. The molecule has 0 saturated heterocycles. The van der Waals surface area contributed by atoms with Crippen LogP contribution in [0.4, 0.5) is 5.82 Å². The maximum atomic E-state index is 11.7. The number of rotatable bonds is 4. The lowest BCUT2D eigenvalue weighted by Gasteiger charge is -2.04. The van der Waals surface area contributed by atoms with Crippen molar-refractivity contribution < 1.29 is 4.79 Å². The average Bonchev–Trinajstić information content (AvgIpc) is 2.38. The van der Waals surface area contributed by atoms with E-state index in [1.165, 1.54) is 11.1 Å². The summed E-state index contributed by atoms with van der Waals surface area (Å²) in [7, 11) is 0. The SMILES string of the molecule is Cc1cccc(CCC(=O)Nc2ccccn2)c1. The van der Waals surface area contributed by atoms with Gasteiger partial charge in [-0.05, 0) is 31.0 Å². The van der Waals surface area contributed by atoms with Gasteiger partial charge in [-0.2, -0.15) is 0 Å². The smallest absolute Gasteiger partial charge is 0.225 e. The molecule has 2 aromatic rings. The molecule has 0 aliphatic carbocycles. The first-order chi connectivity index (χ1) is 8.74. The summed E-state index contributed by atoms with van der Waals surface area (Å²) in [5.41, 5.74) is 2.41. The lowest BCUT2D eigenvalue weighted by Crippen LogP contribution is -2.13. The van der Waals surface area contributed by atoms with Crippen LogP contribution in [0.1, 0.15) is 17.5 Å². The largest absolute Gasteiger partial charge is 0.311 e. The number of hydrogen-bond donors (Lipinski definition) is 1. The van der Waals surface area contributed by atoms with E-state index < -0.39 is 0 Å². The van der Waals surface area contributed by atoms with Crippen molar-refractivity contribution in [2.45, 2.75) is 19.8 Å². The second-order valence-corrected chi connectivity index (χ2v) is 4.25. The van der Waals surface area contributed by atoms with Gasteiger partial charge in [-0.3, -0.25) is 4.79 Å². The molecule has 3 nitrogen and oxygen atoms in total. The highest BCUT2D eigenvalue weighted by atomic mass is 16.1. The van der Waals surface area contributed by atoms with Gasteiger partial charge < -0.3 is 5.32 Å². The van der Waals surface area contributed by atoms with E-state index >= 15 is 0 Å². The summed E-state index contributed by atoms with van der Waals surface area (Å²) in [4.78, 5) is 15.8. The number of benzene rings is 1. The predicted octanol–water partition coefficient (Wildman–Crippen LogP) is 2.96. The van der Waals surface area contributed by atoms with Crippen molar-refractivity contribution in [3.8, 4) is 0 Å². The van der Waals surface area contributed by atoms with E-state index in [0.29, 0.717) is 12.2 Å². The van der Waals surface area contributed by atoms with Crippen molar-refractivity contribution in [3.05, 3.63) is 59.8 Å². The molecule has 1 N–H and O–H groups in total. The molecule has 0 radical (unpaired) electrons. The Kier molecular flexibility index (Phi) is 4.07. The number of amides is 1. The third-order valence-corrected chi connectivity index (χ3v) is 2.66. The number of hydrogen-bond acceptors (Lipinski definition) is 2. The fraction of sp³-hybridized carbons (Fsp3) is 0.200. The van der Waals surface area contributed by atoms with Gasteiger partial charge in [-0.25, -0.2) is 4.98 Å². The molecule has 1 amide bonds. The van der Waals surface area contributed by atoms with Crippen LogP contribution in [0.5, 0.6) is 0 Å².